The van der Waals surface area contributed by atoms with Crippen LogP contribution in [0.5, 0.6) is 5.75 Å². The van der Waals surface area contributed by atoms with E-state index in [9.17, 15) is 8.42 Å². The number of rotatable bonds is 7. The Morgan fingerprint density at radius 3 is 2.12 bits per heavy atom. The minimum Gasteiger partial charge on any atom is -0.495 e. The molecular formula is C17H16BrNO5S. The standard InChI is InChI=1S/C17H16BrNO5S/c1-22-16-7-6-13(18)10-17(16)25(20,21)19(11-14-4-2-8-23-14)12-15-5-3-9-24-15/h2-10H,11-12H2,1H3. The lowest BCUT2D eigenvalue weighted by Gasteiger charge is -2.21. The molecule has 3 aromatic rings. The molecule has 0 saturated heterocycles. The van der Waals surface area contributed by atoms with Gasteiger partial charge in [0.15, 0.2) is 0 Å². The minimum atomic E-state index is -3.86. The number of benzene rings is 1. The Morgan fingerprint density at radius 2 is 1.64 bits per heavy atom. The van der Waals surface area contributed by atoms with Crippen LogP contribution in [-0.4, -0.2) is 19.8 Å². The fourth-order valence-electron chi connectivity index (χ4n) is 2.37. The zero-order valence-corrected chi connectivity index (χ0v) is 15.8. The van der Waals surface area contributed by atoms with Crippen molar-refractivity contribution in [3.8, 4) is 5.75 Å². The maximum absolute atomic E-state index is 13.3. The Hall–Kier alpha value is -2.03. The van der Waals surface area contributed by atoms with Crippen molar-refractivity contribution < 1.29 is 22.0 Å². The molecule has 1 aromatic carbocycles. The molecule has 0 amide bonds. The van der Waals surface area contributed by atoms with E-state index in [1.54, 1.807) is 36.4 Å². The van der Waals surface area contributed by atoms with E-state index in [2.05, 4.69) is 15.9 Å². The number of sulfonamides is 1. The molecule has 2 heterocycles. The van der Waals surface area contributed by atoms with Crippen LogP contribution in [0.15, 0.2) is 73.2 Å². The van der Waals surface area contributed by atoms with Gasteiger partial charge in [0.1, 0.15) is 22.2 Å². The van der Waals surface area contributed by atoms with Crippen molar-refractivity contribution in [2.24, 2.45) is 0 Å². The van der Waals surface area contributed by atoms with E-state index < -0.39 is 10.0 Å². The molecule has 6 nitrogen and oxygen atoms in total. The number of nitrogens with zero attached hydrogens (tertiary/aromatic N) is 1. The van der Waals surface area contributed by atoms with E-state index in [1.165, 1.54) is 30.0 Å². The van der Waals surface area contributed by atoms with E-state index in [4.69, 9.17) is 13.6 Å². The molecule has 0 saturated carbocycles. The minimum absolute atomic E-state index is 0.0717. The molecule has 0 spiro atoms. The summed E-state index contributed by atoms with van der Waals surface area (Å²) < 4.78 is 44.3. The zero-order chi connectivity index (χ0) is 17.9. The third-order valence-electron chi connectivity index (χ3n) is 3.57. The molecule has 2 aromatic heterocycles. The van der Waals surface area contributed by atoms with Gasteiger partial charge >= 0.3 is 0 Å². The molecule has 0 atom stereocenters. The molecule has 132 valence electrons. The number of halogens is 1. The largest absolute Gasteiger partial charge is 0.495 e. The second-order valence-corrected chi connectivity index (χ2v) is 8.05. The number of hydrogen-bond acceptors (Lipinski definition) is 5. The molecule has 0 radical (unpaired) electrons. The van der Waals surface area contributed by atoms with Crippen LogP contribution in [0, 0.1) is 0 Å². The van der Waals surface area contributed by atoms with Crippen molar-refractivity contribution in [3.63, 3.8) is 0 Å². The quantitative estimate of drug-likeness (QED) is 0.570. The highest BCUT2D eigenvalue weighted by molar-refractivity contribution is 9.10. The first-order chi connectivity index (χ1) is 12.0. The van der Waals surface area contributed by atoms with Crippen molar-refractivity contribution in [2.75, 3.05) is 7.11 Å². The fourth-order valence-corrected chi connectivity index (χ4v) is 4.44. The summed E-state index contributed by atoms with van der Waals surface area (Å²) in [6, 6.07) is 11.7. The Kier molecular flexibility index (Phi) is 5.31. The van der Waals surface area contributed by atoms with Crippen LogP contribution in [0.3, 0.4) is 0 Å². The Bertz CT molecular complexity index is 884. The zero-order valence-electron chi connectivity index (χ0n) is 13.4. The third kappa shape index (κ3) is 3.97. The molecule has 0 aliphatic heterocycles. The molecule has 0 aliphatic carbocycles. The average molecular weight is 426 g/mol. The van der Waals surface area contributed by atoms with Crippen molar-refractivity contribution >= 4 is 26.0 Å². The highest BCUT2D eigenvalue weighted by Gasteiger charge is 2.29. The van der Waals surface area contributed by atoms with E-state index in [0.717, 1.165) is 0 Å². The fraction of sp³-hybridized carbons (Fsp3) is 0.176. The molecular weight excluding hydrogens is 410 g/mol. The van der Waals surface area contributed by atoms with Crippen LogP contribution in [0.25, 0.3) is 0 Å². The first-order valence-electron chi connectivity index (χ1n) is 7.39. The summed E-state index contributed by atoms with van der Waals surface area (Å²) in [6.45, 7) is 0.150. The Balaban J connectivity index is 2.02. The molecule has 8 heteroatoms. The Labute approximate surface area is 154 Å². The second kappa shape index (κ2) is 7.47. The van der Waals surface area contributed by atoms with Crippen molar-refractivity contribution in [1.29, 1.82) is 0 Å². The maximum Gasteiger partial charge on any atom is 0.247 e. The van der Waals surface area contributed by atoms with Gasteiger partial charge in [-0.15, -0.1) is 0 Å². The van der Waals surface area contributed by atoms with Gasteiger partial charge in [-0.3, -0.25) is 0 Å². The van der Waals surface area contributed by atoms with E-state index >= 15 is 0 Å². The summed E-state index contributed by atoms with van der Waals surface area (Å²) >= 11 is 3.31. The first kappa shape index (κ1) is 17.8. The summed E-state index contributed by atoms with van der Waals surface area (Å²) in [5.41, 5.74) is 0. The molecule has 3 rings (SSSR count). The first-order valence-corrected chi connectivity index (χ1v) is 9.62. The van der Waals surface area contributed by atoms with Gasteiger partial charge in [0, 0.05) is 4.47 Å². The van der Waals surface area contributed by atoms with Gasteiger partial charge in [-0.1, -0.05) is 15.9 Å². The van der Waals surface area contributed by atoms with Crippen LogP contribution in [0.4, 0.5) is 0 Å². The normalized spacial score (nSPS) is 11.8. The molecule has 0 unspecified atom stereocenters. The second-order valence-electron chi connectivity index (χ2n) is 5.23. The highest BCUT2D eigenvalue weighted by atomic mass is 79.9. The monoisotopic (exact) mass is 425 g/mol. The van der Waals surface area contributed by atoms with Crippen molar-refractivity contribution in [3.05, 3.63) is 71.0 Å². The van der Waals surface area contributed by atoms with E-state index in [0.29, 0.717) is 16.0 Å². The lowest BCUT2D eigenvalue weighted by atomic mass is 10.3. The number of hydrogen-bond donors (Lipinski definition) is 0. The maximum atomic E-state index is 13.3. The number of methoxy groups -OCH3 is 1. The topological polar surface area (TPSA) is 72.9 Å². The third-order valence-corrected chi connectivity index (χ3v) is 5.87. The lowest BCUT2D eigenvalue weighted by Crippen LogP contribution is -2.30. The van der Waals surface area contributed by atoms with Gasteiger partial charge < -0.3 is 13.6 Å². The molecule has 0 bridgehead atoms. The predicted molar refractivity (Wildman–Crippen MR) is 94.5 cm³/mol. The number of furan rings is 2. The van der Waals surface area contributed by atoms with Gasteiger partial charge in [0.2, 0.25) is 10.0 Å². The average Bonchev–Trinajstić information content (AvgIpc) is 3.28. The molecule has 25 heavy (non-hydrogen) atoms. The smallest absolute Gasteiger partial charge is 0.247 e. The van der Waals surface area contributed by atoms with Gasteiger partial charge in [-0.25, -0.2) is 8.42 Å². The van der Waals surface area contributed by atoms with Crippen LogP contribution < -0.4 is 4.74 Å². The predicted octanol–water partition coefficient (Wildman–Crippen LogP) is 4.03. The molecule has 0 N–H and O–H groups in total. The Morgan fingerprint density at radius 1 is 1.04 bits per heavy atom. The van der Waals surface area contributed by atoms with Gasteiger partial charge in [-0.2, -0.15) is 4.31 Å². The van der Waals surface area contributed by atoms with Gasteiger partial charge in [0.05, 0.1) is 32.7 Å². The number of ether oxygens (including phenoxy) is 1. The highest BCUT2D eigenvalue weighted by Crippen LogP contribution is 2.31. The van der Waals surface area contributed by atoms with Crippen molar-refractivity contribution in [1.82, 2.24) is 4.31 Å². The summed E-state index contributed by atoms with van der Waals surface area (Å²) in [5, 5.41) is 0. The van der Waals surface area contributed by atoms with Crippen LogP contribution in [-0.2, 0) is 23.1 Å². The molecule has 0 fully saturated rings. The molecule has 0 aliphatic rings. The summed E-state index contributed by atoms with van der Waals surface area (Å²) in [7, 11) is -2.42. The summed E-state index contributed by atoms with van der Waals surface area (Å²) in [5.74, 6) is 1.33. The summed E-state index contributed by atoms with van der Waals surface area (Å²) in [6.07, 6.45) is 3.01. The van der Waals surface area contributed by atoms with Crippen molar-refractivity contribution in [2.45, 2.75) is 18.0 Å². The van der Waals surface area contributed by atoms with E-state index in [1.807, 2.05) is 0 Å². The van der Waals surface area contributed by atoms with E-state index in [-0.39, 0.29) is 23.7 Å². The summed E-state index contributed by atoms with van der Waals surface area (Å²) in [4.78, 5) is 0.0717. The SMILES string of the molecule is COc1ccc(Br)cc1S(=O)(=O)N(Cc1ccco1)Cc1ccco1. The van der Waals surface area contributed by atoms with Crippen LogP contribution >= 0.6 is 15.9 Å². The van der Waals surface area contributed by atoms with Crippen LogP contribution in [0.2, 0.25) is 0 Å². The van der Waals surface area contributed by atoms with Gasteiger partial charge in [-0.05, 0) is 42.5 Å². The van der Waals surface area contributed by atoms with Crippen LogP contribution in [0.1, 0.15) is 11.5 Å². The lowest BCUT2D eigenvalue weighted by molar-refractivity contribution is 0.328. The van der Waals surface area contributed by atoms with Gasteiger partial charge in [0.25, 0.3) is 0 Å².